The summed E-state index contributed by atoms with van der Waals surface area (Å²) >= 11 is 0. The van der Waals surface area contributed by atoms with Gasteiger partial charge in [-0.05, 0) is 24.1 Å². The number of carbonyl (C=O) groups is 1. The predicted octanol–water partition coefficient (Wildman–Crippen LogP) is 2.44. The molecule has 1 heterocycles. The standard InChI is InChI=1S/C13H14F4N2O/c1-2-10-13(20)19(6-11(16)17)12(18-10)7-3-4-8(14)9(15)5-7/h3-5,10-12,18H,2,6H2,1H3. The number of benzene rings is 1. The first-order valence-electron chi connectivity index (χ1n) is 6.23. The molecule has 1 aromatic rings. The van der Waals surface area contributed by atoms with Crippen LogP contribution in [0.5, 0.6) is 0 Å². The van der Waals surface area contributed by atoms with Gasteiger partial charge >= 0.3 is 0 Å². The van der Waals surface area contributed by atoms with Crippen LogP contribution in [0.3, 0.4) is 0 Å². The smallest absolute Gasteiger partial charge is 0.255 e. The quantitative estimate of drug-likeness (QED) is 0.864. The highest BCUT2D eigenvalue weighted by atomic mass is 19.3. The molecule has 1 amide bonds. The van der Waals surface area contributed by atoms with Gasteiger partial charge in [0, 0.05) is 0 Å². The molecule has 2 atom stereocenters. The lowest BCUT2D eigenvalue weighted by atomic mass is 10.1. The van der Waals surface area contributed by atoms with Crippen LogP contribution in [0.4, 0.5) is 17.6 Å². The van der Waals surface area contributed by atoms with Gasteiger partial charge < -0.3 is 4.90 Å². The molecule has 7 heteroatoms. The maximum Gasteiger partial charge on any atom is 0.255 e. The molecular formula is C13H14F4N2O. The Balaban J connectivity index is 2.31. The summed E-state index contributed by atoms with van der Waals surface area (Å²) in [6.45, 7) is 0.996. The summed E-state index contributed by atoms with van der Waals surface area (Å²) in [5.41, 5.74) is 0.244. The van der Waals surface area contributed by atoms with Crippen molar-refractivity contribution in [3.8, 4) is 0 Å². The minimum absolute atomic E-state index is 0.244. The Labute approximate surface area is 113 Å². The van der Waals surface area contributed by atoms with E-state index in [9.17, 15) is 22.4 Å². The van der Waals surface area contributed by atoms with Gasteiger partial charge in [0.05, 0.1) is 12.6 Å². The van der Waals surface area contributed by atoms with E-state index in [0.717, 1.165) is 17.0 Å². The summed E-state index contributed by atoms with van der Waals surface area (Å²) in [4.78, 5) is 12.9. The van der Waals surface area contributed by atoms with Crippen LogP contribution >= 0.6 is 0 Å². The fourth-order valence-electron chi connectivity index (χ4n) is 2.27. The summed E-state index contributed by atoms with van der Waals surface area (Å²) < 4.78 is 51.3. The van der Waals surface area contributed by atoms with Crippen molar-refractivity contribution in [1.82, 2.24) is 10.2 Å². The molecule has 0 aliphatic carbocycles. The van der Waals surface area contributed by atoms with Gasteiger partial charge in [-0.1, -0.05) is 13.0 Å². The predicted molar refractivity (Wildman–Crippen MR) is 64.0 cm³/mol. The highest BCUT2D eigenvalue weighted by Crippen LogP contribution is 2.28. The van der Waals surface area contributed by atoms with Crippen LogP contribution in [0.25, 0.3) is 0 Å². The summed E-state index contributed by atoms with van der Waals surface area (Å²) in [6.07, 6.45) is -3.13. The second-order valence-electron chi connectivity index (χ2n) is 4.59. The number of alkyl halides is 2. The SMILES string of the molecule is CCC1NC(c2ccc(F)c(F)c2)N(CC(F)F)C1=O. The number of hydrogen-bond donors (Lipinski definition) is 1. The topological polar surface area (TPSA) is 32.3 Å². The van der Waals surface area contributed by atoms with Crippen LogP contribution in [0.1, 0.15) is 25.1 Å². The third kappa shape index (κ3) is 2.77. The highest BCUT2D eigenvalue weighted by molar-refractivity contribution is 5.84. The second-order valence-corrected chi connectivity index (χ2v) is 4.59. The molecule has 110 valence electrons. The molecule has 0 saturated carbocycles. The molecule has 1 aromatic carbocycles. The first kappa shape index (κ1) is 14.8. The Hall–Kier alpha value is -1.63. The first-order chi connectivity index (χ1) is 9.43. The minimum atomic E-state index is -2.69. The normalized spacial score (nSPS) is 22.9. The third-order valence-electron chi connectivity index (χ3n) is 3.25. The van der Waals surface area contributed by atoms with Crippen LogP contribution in [-0.4, -0.2) is 29.8 Å². The van der Waals surface area contributed by atoms with E-state index in [2.05, 4.69) is 5.32 Å². The number of rotatable bonds is 4. The number of hydrogen-bond acceptors (Lipinski definition) is 2. The number of carbonyl (C=O) groups excluding carboxylic acids is 1. The molecule has 2 rings (SSSR count). The van der Waals surface area contributed by atoms with E-state index in [0.29, 0.717) is 6.42 Å². The number of halogens is 4. The van der Waals surface area contributed by atoms with Gasteiger partial charge in [-0.2, -0.15) is 0 Å². The fourth-order valence-corrected chi connectivity index (χ4v) is 2.27. The Bertz CT molecular complexity index is 509. The van der Waals surface area contributed by atoms with Gasteiger partial charge in [-0.25, -0.2) is 17.6 Å². The third-order valence-corrected chi connectivity index (χ3v) is 3.25. The number of amides is 1. The summed E-state index contributed by atoms with van der Waals surface area (Å²) in [6, 6.07) is 2.51. The summed E-state index contributed by atoms with van der Waals surface area (Å²) in [5.74, 6) is -2.55. The van der Waals surface area contributed by atoms with Crippen LogP contribution in [0.2, 0.25) is 0 Å². The lowest BCUT2D eigenvalue weighted by Crippen LogP contribution is -2.35. The Kier molecular flexibility index (Phi) is 4.27. The molecule has 3 nitrogen and oxygen atoms in total. The maximum atomic E-state index is 13.2. The molecule has 0 bridgehead atoms. The zero-order chi connectivity index (χ0) is 14.9. The van der Waals surface area contributed by atoms with Crippen molar-refractivity contribution in [2.45, 2.75) is 32.0 Å². The second kappa shape index (κ2) is 5.78. The average Bonchev–Trinajstić information content (AvgIpc) is 2.70. The molecule has 0 radical (unpaired) electrons. The van der Waals surface area contributed by atoms with Crippen molar-refractivity contribution < 1.29 is 22.4 Å². The molecule has 1 N–H and O–H groups in total. The molecule has 0 spiro atoms. The van der Waals surface area contributed by atoms with Gasteiger partial charge in [0.1, 0.15) is 6.17 Å². The molecule has 1 saturated heterocycles. The number of nitrogens with zero attached hydrogens (tertiary/aromatic N) is 1. The largest absolute Gasteiger partial charge is 0.316 e. The monoisotopic (exact) mass is 290 g/mol. The molecule has 1 aliphatic heterocycles. The van der Waals surface area contributed by atoms with E-state index in [1.165, 1.54) is 6.07 Å². The van der Waals surface area contributed by atoms with Crippen molar-refractivity contribution in [1.29, 1.82) is 0 Å². The van der Waals surface area contributed by atoms with E-state index in [1.54, 1.807) is 6.92 Å². The zero-order valence-electron chi connectivity index (χ0n) is 10.7. The average molecular weight is 290 g/mol. The van der Waals surface area contributed by atoms with E-state index >= 15 is 0 Å². The summed E-state index contributed by atoms with van der Waals surface area (Å²) in [5, 5.41) is 2.86. The van der Waals surface area contributed by atoms with Crippen LogP contribution in [-0.2, 0) is 4.79 Å². The molecule has 2 unspecified atom stereocenters. The maximum absolute atomic E-state index is 13.2. The summed E-state index contributed by atoms with van der Waals surface area (Å²) in [7, 11) is 0. The van der Waals surface area contributed by atoms with E-state index in [4.69, 9.17) is 0 Å². The van der Waals surface area contributed by atoms with Crippen molar-refractivity contribution in [2.24, 2.45) is 0 Å². The van der Waals surface area contributed by atoms with Crippen LogP contribution in [0, 0.1) is 11.6 Å². The fraction of sp³-hybridized carbons (Fsp3) is 0.462. The first-order valence-corrected chi connectivity index (χ1v) is 6.23. The van der Waals surface area contributed by atoms with Crippen molar-refractivity contribution >= 4 is 5.91 Å². The number of nitrogens with one attached hydrogen (secondary N) is 1. The van der Waals surface area contributed by atoms with E-state index in [1.807, 2.05) is 0 Å². The molecule has 1 aliphatic rings. The Morgan fingerprint density at radius 3 is 2.55 bits per heavy atom. The Morgan fingerprint density at radius 1 is 1.30 bits per heavy atom. The lowest BCUT2D eigenvalue weighted by Gasteiger charge is -2.24. The van der Waals surface area contributed by atoms with Crippen LogP contribution in [0.15, 0.2) is 18.2 Å². The Morgan fingerprint density at radius 2 is 2.00 bits per heavy atom. The molecule has 20 heavy (non-hydrogen) atoms. The van der Waals surface area contributed by atoms with E-state index in [-0.39, 0.29) is 5.56 Å². The van der Waals surface area contributed by atoms with E-state index < -0.39 is 42.7 Å². The minimum Gasteiger partial charge on any atom is -0.316 e. The van der Waals surface area contributed by atoms with Crippen molar-refractivity contribution in [3.63, 3.8) is 0 Å². The van der Waals surface area contributed by atoms with Gasteiger partial charge in [0.25, 0.3) is 6.43 Å². The molecular weight excluding hydrogens is 276 g/mol. The molecule has 0 aromatic heterocycles. The van der Waals surface area contributed by atoms with Crippen molar-refractivity contribution in [3.05, 3.63) is 35.4 Å². The van der Waals surface area contributed by atoms with Crippen molar-refractivity contribution in [2.75, 3.05) is 6.54 Å². The van der Waals surface area contributed by atoms with Gasteiger partial charge in [0.15, 0.2) is 11.6 Å². The van der Waals surface area contributed by atoms with Gasteiger partial charge in [-0.15, -0.1) is 0 Å². The molecule has 1 fully saturated rings. The lowest BCUT2D eigenvalue weighted by molar-refractivity contribution is -0.132. The van der Waals surface area contributed by atoms with Crippen LogP contribution < -0.4 is 5.32 Å². The highest BCUT2D eigenvalue weighted by Gasteiger charge is 2.39. The van der Waals surface area contributed by atoms with Gasteiger partial charge in [0.2, 0.25) is 5.91 Å². The zero-order valence-corrected chi connectivity index (χ0v) is 10.7. The van der Waals surface area contributed by atoms with Gasteiger partial charge in [-0.3, -0.25) is 10.1 Å².